The minimum atomic E-state index is 1.02. The normalized spacial score (nSPS) is 16.7. The van der Waals surface area contributed by atoms with Crippen LogP contribution in [-0.2, 0) is 6.54 Å². The number of benzene rings is 1. The largest absolute Gasteiger partial charge is 0.314 e. The number of rotatable bonds is 3. The molecule has 1 N–H and O–H groups in total. The van der Waals surface area contributed by atoms with Crippen LogP contribution in [0.25, 0.3) is 5.69 Å². The van der Waals surface area contributed by atoms with E-state index in [2.05, 4.69) is 52.7 Å². The zero-order valence-electron chi connectivity index (χ0n) is 11.3. The van der Waals surface area contributed by atoms with Crippen molar-refractivity contribution in [1.82, 2.24) is 20.0 Å². The first-order valence-corrected chi connectivity index (χ1v) is 6.85. The zero-order valence-corrected chi connectivity index (χ0v) is 11.3. The van der Waals surface area contributed by atoms with Gasteiger partial charge in [0.1, 0.15) is 0 Å². The molecule has 4 nitrogen and oxygen atoms in total. The lowest BCUT2D eigenvalue weighted by Gasteiger charge is -2.27. The van der Waals surface area contributed by atoms with Gasteiger partial charge >= 0.3 is 0 Å². The van der Waals surface area contributed by atoms with Gasteiger partial charge in [0.15, 0.2) is 0 Å². The molecule has 0 amide bonds. The number of hydrogen-bond donors (Lipinski definition) is 1. The molecule has 1 saturated heterocycles. The van der Waals surface area contributed by atoms with E-state index < -0.39 is 0 Å². The molecule has 0 atom stereocenters. The summed E-state index contributed by atoms with van der Waals surface area (Å²) in [5, 5.41) is 7.75. The molecular weight excluding hydrogens is 236 g/mol. The second-order valence-corrected chi connectivity index (χ2v) is 5.16. The fourth-order valence-corrected chi connectivity index (χ4v) is 2.48. The smallest absolute Gasteiger partial charge is 0.0648 e. The van der Waals surface area contributed by atoms with Crippen molar-refractivity contribution in [2.75, 3.05) is 26.2 Å². The van der Waals surface area contributed by atoms with Gasteiger partial charge in [-0.2, -0.15) is 5.10 Å². The van der Waals surface area contributed by atoms with Crippen LogP contribution in [0.1, 0.15) is 11.1 Å². The molecule has 1 fully saturated rings. The van der Waals surface area contributed by atoms with Crippen LogP contribution in [0, 0.1) is 6.92 Å². The van der Waals surface area contributed by atoms with Gasteiger partial charge in [-0.05, 0) is 30.2 Å². The van der Waals surface area contributed by atoms with Gasteiger partial charge in [0, 0.05) is 38.9 Å². The molecule has 0 radical (unpaired) electrons. The van der Waals surface area contributed by atoms with Gasteiger partial charge < -0.3 is 5.32 Å². The van der Waals surface area contributed by atoms with Gasteiger partial charge in [-0.15, -0.1) is 0 Å². The van der Waals surface area contributed by atoms with Crippen molar-refractivity contribution < 1.29 is 0 Å². The quantitative estimate of drug-likeness (QED) is 0.905. The topological polar surface area (TPSA) is 33.1 Å². The lowest BCUT2D eigenvalue weighted by atomic mass is 10.2. The SMILES string of the molecule is Cc1cnn(-c2cccc(CN3CCNCC3)c2)c1. The van der Waals surface area contributed by atoms with Gasteiger partial charge in [0.25, 0.3) is 0 Å². The summed E-state index contributed by atoms with van der Waals surface area (Å²) < 4.78 is 1.94. The second kappa shape index (κ2) is 5.55. The van der Waals surface area contributed by atoms with E-state index in [0.29, 0.717) is 0 Å². The van der Waals surface area contributed by atoms with Crippen molar-refractivity contribution in [2.45, 2.75) is 13.5 Å². The van der Waals surface area contributed by atoms with Crippen molar-refractivity contribution in [2.24, 2.45) is 0 Å². The van der Waals surface area contributed by atoms with E-state index in [4.69, 9.17) is 0 Å². The van der Waals surface area contributed by atoms with Crippen LogP contribution < -0.4 is 5.32 Å². The second-order valence-electron chi connectivity index (χ2n) is 5.16. The molecule has 0 unspecified atom stereocenters. The first kappa shape index (κ1) is 12.4. The maximum Gasteiger partial charge on any atom is 0.0648 e. The fourth-order valence-electron chi connectivity index (χ4n) is 2.48. The molecule has 100 valence electrons. The number of aryl methyl sites for hydroxylation is 1. The predicted molar refractivity (Wildman–Crippen MR) is 76.4 cm³/mol. The Hall–Kier alpha value is -1.65. The molecule has 1 aliphatic heterocycles. The Labute approximate surface area is 114 Å². The summed E-state index contributed by atoms with van der Waals surface area (Å²) in [6.07, 6.45) is 3.95. The van der Waals surface area contributed by atoms with Crippen molar-refractivity contribution >= 4 is 0 Å². The standard InChI is InChI=1S/C15H20N4/c1-13-10-17-19(11-13)15-4-2-3-14(9-15)12-18-7-5-16-6-8-18/h2-4,9-11,16H,5-8,12H2,1H3. The Kier molecular flexibility index (Phi) is 3.62. The average Bonchev–Trinajstić information content (AvgIpc) is 2.87. The predicted octanol–water partition coefficient (Wildman–Crippen LogP) is 1.59. The third-order valence-electron chi connectivity index (χ3n) is 3.50. The molecule has 4 heteroatoms. The van der Waals surface area contributed by atoms with E-state index in [1.807, 2.05) is 10.9 Å². The first-order chi connectivity index (χ1) is 9.31. The molecule has 0 saturated carbocycles. The van der Waals surface area contributed by atoms with Crippen LogP contribution in [0.3, 0.4) is 0 Å². The molecular formula is C15H20N4. The summed E-state index contributed by atoms with van der Waals surface area (Å²) in [6.45, 7) is 7.54. The minimum absolute atomic E-state index is 1.02. The van der Waals surface area contributed by atoms with Crippen molar-refractivity contribution in [3.8, 4) is 5.69 Å². The molecule has 2 aromatic rings. The highest BCUT2D eigenvalue weighted by molar-refractivity contribution is 5.35. The summed E-state index contributed by atoms with van der Waals surface area (Å²) in [7, 11) is 0. The van der Waals surface area contributed by atoms with E-state index >= 15 is 0 Å². The summed E-state index contributed by atoms with van der Waals surface area (Å²) in [5.74, 6) is 0. The highest BCUT2D eigenvalue weighted by atomic mass is 15.3. The summed E-state index contributed by atoms with van der Waals surface area (Å²) in [6, 6.07) is 8.65. The molecule has 1 aliphatic rings. The van der Waals surface area contributed by atoms with Crippen LogP contribution in [-0.4, -0.2) is 40.9 Å². The number of nitrogens with zero attached hydrogens (tertiary/aromatic N) is 3. The highest BCUT2D eigenvalue weighted by Crippen LogP contribution is 2.13. The molecule has 3 rings (SSSR count). The molecule has 0 aliphatic carbocycles. The number of hydrogen-bond acceptors (Lipinski definition) is 3. The third-order valence-corrected chi connectivity index (χ3v) is 3.50. The highest BCUT2D eigenvalue weighted by Gasteiger charge is 2.10. The molecule has 1 aromatic heterocycles. The maximum absolute atomic E-state index is 4.37. The van der Waals surface area contributed by atoms with Crippen molar-refractivity contribution in [3.05, 3.63) is 47.8 Å². The first-order valence-electron chi connectivity index (χ1n) is 6.85. The third kappa shape index (κ3) is 3.03. The van der Waals surface area contributed by atoms with Crippen LogP contribution in [0.15, 0.2) is 36.7 Å². The van der Waals surface area contributed by atoms with Gasteiger partial charge in [-0.1, -0.05) is 12.1 Å². The Morgan fingerprint density at radius 3 is 2.84 bits per heavy atom. The van der Waals surface area contributed by atoms with Gasteiger partial charge in [-0.3, -0.25) is 4.90 Å². The number of aromatic nitrogens is 2. The van der Waals surface area contributed by atoms with Gasteiger partial charge in [0.2, 0.25) is 0 Å². The summed E-state index contributed by atoms with van der Waals surface area (Å²) >= 11 is 0. The molecule has 19 heavy (non-hydrogen) atoms. The summed E-state index contributed by atoms with van der Waals surface area (Å²) in [4.78, 5) is 2.49. The number of piperazine rings is 1. The number of nitrogens with one attached hydrogen (secondary N) is 1. The molecule has 1 aromatic carbocycles. The van der Waals surface area contributed by atoms with E-state index in [-0.39, 0.29) is 0 Å². The molecule has 0 spiro atoms. The van der Waals surface area contributed by atoms with Crippen molar-refractivity contribution in [1.29, 1.82) is 0 Å². The lowest BCUT2D eigenvalue weighted by molar-refractivity contribution is 0.233. The maximum atomic E-state index is 4.37. The monoisotopic (exact) mass is 256 g/mol. The Balaban J connectivity index is 1.75. The van der Waals surface area contributed by atoms with Crippen LogP contribution in [0.2, 0.25) is 0 Å². The van der Waals surface area contributed by atoms with E-state index in [1.54, 1.807) is 0 Å². The molecule has 0 bridgehead atoms. The Bertz CT molecular complexity index is 541. The van der Waals surface area contributed by atoms with Crippen LogP contribution >= 0.6 is 0 Å². The molecule has 2 heterocycles. The fraction of sp³-hybridized carbons (Fsp3) is 0.400. The van der Waals surface area contributed by atoms with Crippen molar-refractivity contribution in [3.63, 3.8) is 0 Å². The Morgan fingerprint density at radius 1 is 1.26 bits per heavy atom. The van der Waals surface area contributed by atoms with Crippen LogP contribution in [0.4, 0.5) is 0 Å². The zero-order chi connectivity index (χ0) is 13.1. The summed E-state index contributed by atoms with van der Waals surface area (Å²) in [5.41, 5.74) is 3.68. The van der Waals surface area contributed by atoms with E-state index in [9.17, 15) is 0 Å². The van der Waals surface area contributed by atoms with Crippen LogP contribution in [0.5, 0.6) is 0 Å². The Morgan fingerprint density at radius 2 is 2.11 bits per heavy atom. The average molecular weight is 256 g/mol. The van der Waals surface area contributed by atoms with Gasteiger partial charge in [0.05, 0.1) is 11.9 Å². The van der Waals surface area contributed by atoms with Gasteiger partial charge in [-0.25, -0.2) is 4.68 Å². The minimum Gasteiger partial charge on any atom is -0.314 e. The van der Waals surface area contributed by atoms with E-state index in [1.165, 1.54) is 11.1 Å². The lowest BCUT2D eigenvalue weighted by Crippen LogP contribution is -2.42. The van der Waals surface area contributed by atoms with E-state index in [0.717, 1.165) is 38.4 Å².